The Bertz CT molecular complexity index is 1730. The zero-order valence-electron chi connectivity index (χ0n) is 23.0. The lowest BCUT2D eigenvalue weighted by molar-refractivity contribution is -0.231. The van der Waals surface area contributed by atoms with Crippen molar-refractivity contribution in [3.8, 4) is 0 Å². The average Bonchev–Trinajstić information content (AvgIpc) is 3.63. The van der Waals surface area contributed by atoms with Gasteiger partial charge in [-0.3, -0.25) is 13.5 Å². The Balaban J connectivity index is 1.31. The summed E-state index contributed by atoms with van der Waals surface area (Å²) < 4.78 is 51.6. The van der Waals surface area contributed by atoms with Crippen molar-refractivity contribution in [1.82, 2.24) is 19.5 Å². The van der Waals surface area contributed by atoms with Crippen molar-refractivity contribution in [3.05, 3.63) is 78.4 Å². The number of benzene rings is 2. The molecule has 0 spiro atoms. The van der Waals surface area contributed by atoms with Crippen molar-refractivity contribution in [2.45, 2.75) is 55.5 Å². The molecule has 6 rings (SSSR count). The van der Waals surface area contributed by atoms with Crippen LogP contribution in [-0.2, 0) is 28.5 Å². The summed E-state index contributed by atoms with van der Waals surface area (Å²) >= 11 is 0. The van der Waals surface area contributed by atoms with Gasteiger partial charge in [0.15, 0.2) is 29.0 Å². The number of nitrogens with zero attached hydrogens (tertiary/aromatic N) is 4. The van der Waals surface area contributed by atoms with Gasteiger partial charge < -0.3 is 24.6 Å². The van der Waals surface area contributed by atoms with Gasteiger partial charge in [0.05, 0.1) is 17.8 Å². The number of aromatic nitrogens is 4. The van der Waals surface area contributed by atoms with Gasteiger partial charge in [0.2, 0.25) is 0 Å². The van der Waals surface area contributed by atoms with Crippen LogP contribution in [0, 0.1) is 6.92 Å². The molecular weight excluding hydrogens is 566 g/mol. The molecule has 220 valence electrons. The van der Waals surface area contributed by atoms with Crippen molar-refractivity contribution in [2.75, 3.05) is 18.5 Å². The topological polar surface area (TPSA) is 164 Å². The summed E-state index contributed by atoms with van der Waals surface area (Å²) in [7, 11) is -4.18. The summed E-state index contributed by atoms with van der Waals surface area (Å²) in [6.07, 6.45) is 0.0673. The van der Waals surface area contributed by atoms with E-state index in [2.05, 4.69) is 20.3 Å². The average molecular weight is 596 g/mol. The predicted octanol–water partition coefficient (Wildman–Crippen LogP) is 2.57. The van der Waals surface area contributed by atoms with Crippen LogP contribution < -0.4 is 5.32 Å². The molecule has 0 unspecified atom stereocenters. The second kappa shape index (κ2) is 10.5. The third-order valence-electron chi connectivity index (χ3n) is 7.22. The number of aryl methyl sites for hydroxylation is 1. The first kappa shape index (κ1) is 28.3. The highest BCUT2D eigenvalue weighted by atomic mass is 32.2. The summed E-state index contributed by atoms with van der Waals surface area (Å²) in [5.41, 5.74) is 0.322. The van der Waals surface area contributed by atoms with Crippen molar-refractivity contribution < 1.29 is 36.7 Å². The van der Waals surface area contributed by atoms with Crippen LogP contribution >= 0.6 is 0 Å². The summed E-state index contributed by atoms with van der Waals surface area (Å²) in [6, 6.07) is 14.9. The van der Waals surface area contributed by atoms with Crippen LogP contribution in [0.25, 0.3) is 11.2 Å². The minimum Gasteiger partial charge on any atom is -0.393 e. The van der Waals surface area contributed by atoms with Gasteiger partial charge in [-0.15, -0.1) is 0 Å². The van der Waals surface area contributed by atoms with Gasteiger partial charge in [-0.25, -0.2) is 15.0 Å². The molecule has 2 N–H and O–H groups in total. The largest absolute Gasteiger partial charge is 0.393 e. The molecule has 0 radical (unpaired) electrons. The summed E-state index contributed by atoms with van der Waals surface area (Å²) in [6.45, 7) is 4.08. The van der Waals surface area contributed by atoms with Crippen LogP contribution in [0.5, 0.6) is 0 Å². The van der Waals surface area contributed by atoms with E-state index >= 15 is 0 Å². The Kier molecular flexibility index (Phi) is 7.07. The lowest BCUT2D eigenvalue weighted by atomic mass is 9.97. The van der Waals surface area contributed by atoms with E-state index in [0.29, 0.717) is 16.7 Å². The lowest BCUT2D eigenvalue weighted by Crippen LogP contribution is -2.50. The Hall–Kier alpha value is -3.79. The first-order chi connectivity index (χ1) is 20.0. The molecule has 0 saturated carbocycles. The maximum Gasteiger partial charge on any atom is 0.297 e. The predicted molar refractivity (Wildman–Crippen MR) is 148 cm³/mol. The molecule has 1 amide bonds. The fourth-order valence-electron chi connectivity index (χ4n) is 5.13. The number of rotatable bonds is 8. The monoisotopic (exact) mass is 595 g/mol. The smallest absolute Gasteiger partial charge is 0.297 e. The van der Waals surface area contributed by atoms with Crippen LogP contribution in [0.1, 0.15) is 36.0 Å². The van der Waals surface area contributed by atoms with E-state index in [4.69, 9.17) is 18.4 Å². The molecule has 2 aliphatic rings. The van der Waals surface area contributed by atoms with Crippen LogP contribution in [-0.4, -0.2) is 75.8 Å². The molecule has 4 atom stereocenters. The first-order valence-electron chi connectivity index (χ1n) is 13.2. The number of fused-ring (bicyclic) bond motifs is 2. The minimum absolute atomic E-state index is 0.0291. The highest BCUT2D eigenvalue weighted by molar-refractivity contribution is 7.86. The van der Waals surface area contributed by atoms with Crippen molar-refractivity contribution in [3.63, 3.8) is 0 Å². The highest BCUT2D eigenvalue weighted by Crippen LogP contribution is 2.49. The van der Waals surface area contributed by atoms with Crippen LogP contribution in [0.4, 0.5) is 5.82 Å². The molecule has 0 aliphatic carbocycles. The maximum absolute atomic E-state index is 13.0. The number of hydrogen-bond donors (Lipinski definition) is 2. The quantitative estimate of drug-likeness (QED) is 0.288. The fourth-order valence-corrected chi connectivity index (χ4v) is 6.09. The number of aliphatic hydroxyl groups excluding tert-OH is 1. The summed E-state index contributed by atoms with van der Waals surface area (Å²) in [4.78, 5) is 25.7. The fraction of sp³-hybridized carbons (Fsp3) is 0.357. The molecule has 2 saturated heterocycles. The molecule has 0 bridgehead atoms. The van der Waals surface area contributed by atoms with E-state index in [1.54, 1.807) is 54.8 Å². The third-order valence-corrected chi connectivity index (χ3v) is 8.50. The number of carbonyl (C=O) groups excluding carboxylic acids is 1. The van der Waals surface area contributed by atoms with E-state index in [1.807, 2.05) is 13.0 Å². The third kappa shape index (κ3) is 5.06. The Morgan fingerprint density at radius 1 is 1.05 bits per heavy atom. The molecule has 42 heavy (non-hydrogen) atoms. The summed E-state index contributed by atoms with van der Waals surface area (Å²) in [5, 5.41) is 13.3. The van der Waals surface area contributed by atoms with Gasteiger partial charge in [-0.05, 0) is 45.0 Å². The number of nitrogens with one attached hydrogen (secondary N) is 1. The number of ether oxygens (including phenoxy) is 3. The molecule has 2 fully saturated rings. The van der Waals surface area contributed by atoms with Crippen molar-refractivity contribution in [1.29, 1.82) is 0 Å². The first-order valence-corrected chi connectivity index (χ1v) is 14.6. The van der Waals surface area contributed by atoms with Gasteiger partial charge >= 0.3 is 0 Å². The second-order valence-corrected chi connectivity index (χ2v) is 12.3. The molecular formula is C28H29N5O8S. The molecule has 2 aliphatic heterocycles. The van der Waals surface area contributed by atoms with Crippen LogP contribution in [0.15, 0.2) is 72.1 Å². The number of hydrogen-bond acceptors (Lipinski definition) is 11. The molecule has 13 nitrogen and oxygen atoms in total. The van der Waals surface area contributed by atoms with E-state index in [-0.39, 0.29) is 16.6 Å². The van der Waals surface area contributed by atoms with E-state index < -0.39 is 53.2 Å². The molecule has 14 heteroatoms. The normalized spacial score (nSPS) is 25.0. The molecule has 2 aromatic carbocycles. The number of imidazole rings is 1. The Morgan fingerprint density at radius 2 is 1.79 bits per heavy atom. The molecule has 4 aromatic rings. The minimum atomic E-state index is -4.18. The van der Waals surface area contributed by atoms with E-state index in [1.165, 1.54) is 24.8 Å². The van der Waals surface area contributed by atoms with Gasteiger partial charge in [0.1, 0.15) is 30.7 Å². The standard InChI is InChI=1S/C28H29N5O8S/c1-17-9-11-19(12-10-17)42(36,37)38-14-28(13-34)22-21(39-27(2,3)40-22)26(41-28)33-16-31-20-23(29-15-30-24(20)33)32-25(35)18-7-5-4-6-8-18/h4-12,15-16,21-22,26,34H,13-14H2,1-3H3,(H,29,30,32,35)/t21-,22+,26-,28-/m1/s1. The van der Waals surface area contributed by atoms with E-state index in [9.17, 15) is 18.3 Å². The zero-order valence-corrected chi connectivity index (χ0v) is 23.8. The zero-order chi connectivity index (χ0) is 29.7. The van der Waals surface area contributed by atoms with Crippen LogP contribution in [0.2, 0.25) is 0 Å². The highest BCUT2D eigenvalue weighted by Gasteiger charge is 2.64. The van der Waals surface area contributed by atoms with E-state index in [0.717, 1.165) is 5.56 Å². The maximum atomic E-state index is 13.0. The van der Waals surface area contributed by atoms with Gasteiger partial charge in [-0.1, -0.05) is 35.9 Å². The number of amides is 1. The SMILES string of the molecule is Cc1ccc(S(=O)(=O)OC[C@@]2(CO)O[C@@H](n3cnc4c(NC(=O)c5ccccc5)ncnc43)[C@@H]3OC(C)(C)O[C@@H]32)cc1. The molecule has 2 aromatic heterocycles. The Labute approximate surface area is 241 Å². The van der Waals surface area contributed by atoms with Crippen molar-refractivity contribution in [2.24, 2.45) is 0 Å². The van der Waals surface area contributed by atoms with Crippen molar-refractivity contribution >= 4 is 33.0 Å². The number of carbonyl (C=O) groups is 1. The lowest BCUT2D eigenvalue weighted by Gasteiger charge is -2.32. The Morgan fingerprint density at radius 3 is 2.50 bits per heavy atom. The van der Waals surface area contributed by atoms with Gasteiger partial charge in [-0.2, -0.15) is 8.42 Å². The van der Waals surface area contributed by atoms with Crippen LogP contribution in [0.3, 0.4) is 0 Å². The number of aliphatic hydroxyl groups is 1. The van der Waals surface area contributed by atoms with Gasteiger partial charge in [0, 0.05) is 5.56 Å². The summed E-state index contributed by atoms with van der Waals surface area (Å²) in [5.74, 6) is -1.26. The number of anilines is 1. The molecule has 4 heterocycles. The second-order valence-electron chi connectivity index (χ2n) is 10.6. The van der Waals surface area contributed by atoms with Gasteiger partial charge in [0.25, 0.3) is 16.0 Å².